The molecule has 0 radical (unpaired) electrons. The van der Waals surface area contributed by atoms with Gasteiger partial charge in [0.1, 0.15) is 17.2 Å². The standard InChI is InChI=1S/C30H23N3O4/c1-18-27-23(32-33-29(34)24-17-16-20-9-3-5-12-22(20)31-24)13-7-15-26(27)36-28(18)30(35)37-25-14-6-10-19-8-2-4-11-21(19)25/h2-6,8-12,14,16-17H,7,13,15H2,1H3,(H,33,34)/b32-23+. The minimum atomic E-state index is -0.563. The van der Waals surface area contributed by atoms with Crippen molar-refractivity contribution in [3.05, 3.63) is 107 Å². The minimum Gasteiger partial charge on any atom is -0.453 e. The van der Waals surface area contributed by atoms with Crippen LogP contribution in [0.2, 0.25) is 0 Å². The molecule has 7 nitrogen and oxygen atoms in total. The van der Waals surface area contributed by atoms with Crippen molar-refractivity contribution in [2.45, 2.75) is 26.2 Å². The van der Waals surface area contributed by atoms with Gasteiger partial charge in [0.2, 0.25) is 5.76 Å². The number of carbonyl (C=O) groups excluding carboxylic acids is 2. The van der Waals surface area contributed by atoms with Crippen molar-refractivity contribution in [2.75, 3.05) is 0 Å². The number of furan rings is 1. The highest BCUT2D eigenvalue weighted by Gasteiger charge is 2.29. The molecule has 2 heterocycles. The van der Waals surface area contributed by atoms with Crippen LogP contribution in [0.15, 0.2) is 88.4 Å². The Morgan fingerprint density at radius 2 is 1.70 bits per heavy atom. The summed E-state index contributed by atoms with van der Waals surface area (Å²) in [6.07, 6.45) is 2.12. The summed E-state index contributed by atoms with van der Waals surface area (Å²) in [5, 5.41) is 7.19. The van der Waals surface area contributed by atoms with Crippen molar-refractivity contribution in [1.82, 2.24) is 10.4 Å². The lowest BCUT2D eigenvalue weighted by atomic mass is 9.93. The number of carbonyl (C=O) groups is 2. The van der Waals surface area contributed by atoms with E-state index >= 15 is 0 Å². The van der Waals surface area contributed by atoms with Gasteiger partial charge in [-0.2, -0.15) is 5.10 Å². The van der Waals surface area contributed by atoms with Crippen molar-refractivity contribution in [3.8, 4) is 5.75 Å². The minimum absolute atomic E-state index is 0.148. The Labute approximate surface area is 212 Å². The molecule has 1 N–H and O–H groups in total. The molecule has 182 valence electrons. The molecular weight excluding hydrogens is 466 g/mol. The van der Waals surface area contributed by atoms with E-state index in [1.165, 1.54) is 0 Å². The highest BCUT2D eigenvalue weighted by molar-refractivity contribution is 6.07. The van der Waals surface area contributed by atoms with Gasteiger partial charge in [-0.15, -0.1) is 0 Å². The quantitative estimate of drug-likeness (QED) is 0.190. The van der Waals surface area contributed by atoms with E-state index in [0.717, 1.165) is 33.7 Å². The Balaban J connectivity index is 1.26. The van der Waals surface area contributed by atoms with Gasteiger partial charge in [0, 0.05) is 28.3 Å². The van der Waals surface area contributed by atoms with Crippen LogP contribution in [0.1, 0.15) is 50.8 Å². The van der Waals surface area contributed by atoms with E-state index in [0.29, 0.717) is 35.6 Å². The van der Waals surface area contributed by atoms with Crippen molar-refractivity contribution < 1.29 is 18.7 Å². The van der Waals surface area contributed by atoms with Gasteiger partial charge in [-0.25, -0.2) is 15.2 Å². The van der Waals surface area contributed by atoms with Crippen LogP contribution < -0.4 is 10.2 Å². The van der Waals surface area contributed by atoms with Crippen LogP contribution in [-0.2, 0) is 6.42 Å². The van der Waals surface area contributed by atoms with E-state index in [9.17, 15) is 9.59 Å². The summed E-state index contributed by atoms with van der Waals surface area (Å²) in [7, 11) is 0. The Morgan fingerprint density at radius 3 is 2.59 bits per heavy atom. The van der Waals surface area contributed by atoms with Crippen molar-refractivity contribution >= 4 is 39.3 Å². The number of esters is 1. The summed E-state index contributed by atoms with van der Waals surface area (Å²) in [4.78, 5) is 30.3. The van der Waals surface area contributed by atoms with Crippen molar-refractivity contribution in [2.24, 2.45) is 5.10 Å². The molecule has 0 spiro atoms. The van der Waals surface area contributed by atoms with Gasteiger partial charge in [-0.3, -0.25) is 4.79 Å². The van der Waals surface area contributed by atoms with E-state index in [2.05, 4.69) is 15.5 Å². The molecule has 6 rings (SSSR count). The third-order valence-electron chi connectivity index (χ3n) is 6.59. The molecule has 0 aliphatic heterocycles. The topological polar surface area (TPSA) is 93.8 Å². The fraction of sp³-hybridized carbons (Fsp3) is 0.133. The normalized spacial score (nSPS) is 14.0. The lowest BCUT2D eigenvalue weighted by Crippen LogP contribution is -2.23. The summed E-state index contributed by atoms with van der Waals surface area (Å²) < 4.78 is 11.7. The molecule has 7 heteroatoms. The lowest BCUT2D eigenvalue weighted by molar-refractivity contribution is 0.0700. The molecule has 1 aliphatic carbocycles. The second kappa shape index (κ2) is 9.35. The van der Waals surface area contributed by atoms with Gasteiger partial charge < -0.3 is 9.15 Å². The fourth-order valence-corrected chi connectivity index (χ4v) is 4.77. The number of pyridine rings is 1. The molecular formula is C30H23N3O4. The number of aromatic nitrogens is 1. The predicted octanol–water partition coefficient (Wildman–Crippen LogP) is 5.98. The molecule has 2 aromatic heterocycles. The summed E-state index contributed by atoms with van der Waals surface area (Å²) in [6.45, 7) is 1.82. The van der Waals surface area contributed by atoms with Gasteiger partial charge in [0.05, 0.1) is 11.2 Å². The molecule has 0 saturated carbocycles. The fourth-order valence-electron chi connectivity index (χ4n) is 4.77. The first-order valence-electron chi connectivity index (χ1n) is 12.1. The Kier molecular flexibility index (Phi) is 5.73. The van der Waals surface area contributed by atoms with Gasteiger partial charge in [-0.05, 0) is 43.4 Å². The van der Waals surface area contributed by atoms with Crippen molar-refractivity contribution in [1.29, 1.82) is 0 Å². The number of rotatable bonds is 4. The van der Waals surface area contributed by atoms with E-state index in [4.69, 9.17) is 9.15 Å². The van der Waals surface area contributed by atoms with E-state index < -0.39 is 11.9 Å². The van der Waals surface area contributed by atoms with Gasteiger partial charge >= 0.3 is 5.97 Å². The second-order valence-corrected chi connectivity index (χ2v) is 8.96. The zero-order valence-corrected chi connectivity index (χ0v) is 20.2. The van der Waals surface area contributed by atoms with Crippen LogP contribution >= 0.6 is 0 Å². The first kappa shape index (κ1) is 22.7. The van der Waals surface area contributed by atoms with E-state index in [1.54, 1.807) is 12.1 Å². The molecule has 0 saturated heterocycles. The summed E-state index contributed by atoms with van der Waals surface area (Å²) in [6, 6.07) is 24.4. The van der Waals surface area contributed by atoms with Crippen LogP contribution in [0.4, 0.5) is 0 Å². The number of amides is 1. The predicted molar refractivity (Wildman–Crippen MR) is 141 cm³/mol. The number of ether oxygens (including phenoxy) is 1. The molecule has 1 amide bonds. The van der Waals surface area contributed by atoms with Crippen LogP contribution in [0.3, 0.4) is 0 Å². The molecule has 0 unspecified atom stereocenters. The zero-order chi connectivity index (χ0) is 25.4. The average molecular weight is 490 g/mol. The molecule has 0 atom stereocenters. The Morgan fingerprint density at radius 1 is 0.919 bits per heavy atom. The number of nitrogens with zero attached hydrogens (tertiary/aromatic N) is 2. The molecule has 1 aliphatic rings. The third kappa shape index (κ3) is 4.25. The second-order valence-electron chi connectivity index (χ2n) is 8.96. The zero-order valence-electron chi connectivity index (χ0n) is 20.2. The highest BCUT2D eigenvalue weighted by Crippen LogP contribution is 2.32. The van der Waals surface area contributed by atoms with Gasteiger partial charge in [0.25, 0.3) is 5.91 Å². The number of hydrogen-bond acceptors (Lipinski definition) is 6. The number of hydrazone groups is 1. The number of fused-ring (bicyclic) bond motifs is 3. The van der Waals surface area contributed by atoms with Crippen LogP contribution in [0.5, 0.6) is 5.75 Å². The molecule has 37 heavy (non-hydrogen) atoms. The largest absolute Gasteiger partial charge is 0.453 e. The molecule has 0 bridgehead atoms. The smallest absolute Gasteiger partial charge is 0.379 e. The lowest BCUT2D eigenvalue weighted by Gasteiger charge is -2.13. The number of aryl methyl sites for hydroxylation is 1. The van der Waals surface area contributed by atoms with Crippen molar-refractivity contribution in [3.63, 3.8) is 0 Å². The Hall–Kier alpha value is -4.78. The number of para-hydroxylation sites is 1. The van der Waals surface area contributed by atoms with E-state index in [-0.39, 0.29) is 11.5 Å². The number of nitrogens with one attached hydrogen (secondary N) is 1. The molecule has 5 aromatic rings. The first-order chi connectivity index (χ1) is 18.1. The average Bonchev–Trinajstić information content (AvgIpc) is 3.28. The van der Waals surface area contributed by atoms with Crippen LogP contribution in [0.25, 0.3) is 21.7 Å². The molecule has 3 aromatic carbocycles. The van der Waals surface area contributed by atoms with E-state index in [1.807, 2.05) is 73.7 Å². The maximum absolute atomic E-state index is 13.1. The first-order valence-corrected chi connectivity index (χ1v) is 12.1. The summed E-state index contributed by atoms with van der Waals surface area (Å²) in [5.41, 5.74) is 5.72. The number of benzene rings is 3. The van der Waals surface area contributed by atoms with Gasteiger partial charge in [-0.1, -0.05) is 60.7 Å². The SMILES string of the molecule is Cc1c(C(=O)Oc2cccc3ccccc23)oc2c1/C(=N/NC(=O)c1ccc3ccccc3n1)CCC2. The maximum Gasteiger partial charge on any atom is 0.379 e. The maximum atomic E-state index is 13.1. The monoisotopic (exact) mass is 489 g/mol. The summed E-state index contributed by atoms with van der Waals surface area (Å²) >= 11 is 0. The Bertz CT molecular complexity index is 1710. The number of hydrogen-bond donors (Lipinski definition) is 1. The summed E-state index contributed by atoms with van der Waals surface area (Å²) in [5.74, 6) is 0.329. The van der Waals surface area contributed by atoms with Gasteiger partial charge in [0.15, 0.2) is 0 Å². The van der Waals surface area contributed by atoms with Crippen LogP contribution in [0, 0.1) is 6.92 Å². The molecule has 0 fully saturated rings. The van der Waals surface area contributed by atoms with Crippen LogP contribution in [-0.4, -0.2) is 22.6 Å². The third-order valence-corrected chi connectivity index (χ3v) is 6.59. The highest BCUT2D eigenvalue weighted by atomic mass is 16.5.